The SMILES string of the molecule is CCc1c(C(=O)NC2CCNC(C)C2)cnn1-c1ccc(Br)cc1.Cl. The number of rotatable bonds is 4. The van der Waals surface area contributed by atoms with Gasteiger partial charge in [-0.2, -0.15) is 5.10 Å². The molecule has 1 aliphatic heterocycles. The highest BCUT2D eigenvalue weighted by Crippen LogP contribution is 2.19. The molecule has 2 atom stereocenters. The summed E-state index contributed by atoms with van der Waals surface area (Å²) < 4.78 is 2.88. The maximum absolute atomic E-state index is 12.7. The van der Waals surface area contributed by atoms with E-state index in [2.05, 4.69) is 45.5 Å². The quantitative estimate of drug-likeness (QED) is 0.785. The van der Waals surface area contributed by atoms with E-state index in [4.69, 9.17) is 0 Å². The van der Waals surface area contributed by atoms with Crippen LogP contribution in [0.4, 0.5) is 0 Å². The number of carbonyl (C=O) groups is 1. The molecule has 1 fully saturated rings. The van der Waals surface area contributed by atoms with E-state index in [0.29, 0.717) is 11.6 Å². The zero-order chi connectivity index (χ0) is 17.1. The molecule has 2 N–H and O–H groups in total. The summed E-state index contributed by atoms with van der Waals surface area (Å²) in [4.78, 5) is 12.7. The minimum Gasteiger partial charge on any atom is -0.349 e. The first-order valence-electron chi connectivity index (χ1n) is 8.45. The number of piperidine rings is 1. The second-order valence-electron chi connectivity index (χ2n) is 6.30. The third-order valence-electron chi connectivity index (χ3n) is 4.48. The second kappa shape index (κ2) is 8.83. The number of nitrogens with zero attached hydrogens (tertiary/aromatic N) is 2. The lowest BCUT2D eigenvalue weighted by Crippen LogP contribution is -2.46. The third kappa shape index (κ3) is 4.63. The molecule has 0 saturated carbocycles. The molecule has 0 radical (unpaired) electrons. The van der Waals surface area contributed by atoms with Crippen molar-refractivity contribution in [1.82, 2.24) is 20.4 Å². The summed E-state index contributed by atoms with van der Waals surface area (Å²) in [6, 6.07) is 8.62. The number of hydrogen-bond donors (Lipinski definition) is 2. The molecular formula is C18H24BrClN4O. The molecule has 136 valence electrons. The van der Waals surface area contributed by atoms with Gasteiger partial charge in [-0.3, -0.25) is 4.79 Å². The van der Waals surface area contributed by atoms with Crippen molar-refractivity contribution < 1.29 is 4.79 Å². The molecule has 1 amide bonds. The number of nitrogens with one attached hydrogen (secondary N) is 2. The predicted molar refractivity (Wildman–Crippen MR) is 106 cm³/mol. The van der Waals surface area contributed by atoms with Crippen molar-refractivity contribution in [3.8, 4) is 5.69 Å². The molecule has 1 aromatic carbocycles. The molecular weight excluding hydrogens is 404 g/mol. The van der Waals surface area contributed by atoms with Crippen molar-refractivity contribution in [3.63, 3.8) is 0 Å². The van der Waals surface area contributed by atoms with Crippen LogP contribution in [0.25, 0.3) is 5.69 Å². The van der Waals surface area contributed by atoms with Crippen LogP contribution in [0.2, 0.25) is 0 Å². The van der Waals surface area contributed by atoms with E-state index in [1.807, 2.05) is 28.9 Å². The van der Waals surface area contributed by atoms with E-state index >= 15 is 0 Å². The molecule has 2 aromatic rings. The summed E-state index contributed by atoms with van der Waals surface area (Å²) in [7, 11) is 0. The lowest BCUT2D eigenvalue weighted by Gasteiger charge is -2.28. The monoisotopic (exact) mass is 426 g/mol. The fourth-order valence-corrected chi connectivity index (χ4v) is 3.50. The Kier molecular flexibility index (Phi) is 7.04. The van der Waals surface area contributed by atoms with Crippen LogP contribution < -0.4 is 10.6 Å². The van der Waals surface area contributed by atoms with Gasteiger partial charge in [-0.05, 0) is 57.0 Å². The van der Waals surface area contributed by atoms with E-state index < -0.39 is 0 Å². The van der Waals surface area contributed by atoms with E-state index in [1.54, 1.807) is 6.20 Å². The van der Waals surface area contributed by atoms with Gasteiger partial charge >= 0.3 is 0 Å². The Labute approximate surface area is 163 Å². The van der Waals surface area contributed by atoms with Gasteiger partial charge in [0, 0.05) is 16.6 Å². The molecule has 0 spiro atoms. The molecule has 5 nitrogen and oxygen atoms in total. The maximum Gasteiger partial charge on any atom is 0.254 e. The lowest BCUT2D eigenvalue weighted by atomic mass is 10.00. The molecule has 0 bridgehead atoms. The Hall–Kier alpha value is -1.37. The van der Waals surface area contributed by atoms with Crippen molar-refractivity contribution in [2.24, 2.45) is 0 Å². The number of halogens is 2. The Morgan fingerprint density at radius 1 is 1.40 bits per heavy atom. The summed E-state index contributed by atoms with van der Waals surface area (Å²) in [5.41, 5.74) is 2.58. The average Bonchev–Trinajstić information content (AvgIpc) is 2.99. The summed E-state index contributed by atoms with van der Waals surface area (Å²) in [5.74, 6) is -0.0192. The summed E-state index contributed by atoms with van der Waals surface area (Å²) in [5, 5.41) is 11.0. The topological polar surface area (TPSA) is 59.0 Å². The number of carbonyl (C=O) groups excluding carboxylic acids is 1. The van der Waals surface area contributed by atoms with E-state index in [0.717, 1.165) is 41.7 Å². The molecule has 1 saturated heterocycles. The van der Waals surface area contributed by atoms with Gasteiger partial charge in [-0.15, -0.1) is 12.4 Å². The average molecular weight is 428 g/mol. The Balaban J connectivity index is 0.00000225. The van der Waals surface area contributed by atoms with Crippen molar-refractivity contribution in [3.05, 3.63) is 46.2 Å². The van der Waals surface area contributed by atoms with Gasteiger partial charge in [-0.25, -0.2) is 4.68 Å². The second-order valence-corrected chi connectivity index (χ2v) is 7.21. The van der Waals surface area contributed by atoms with Crippen molar-refractivity contribution >= 4 is 34.2 Å². The maximum atomic E-state index is 12.7. The molecule has 7 heteroatoms. The van der Waals surface area contributed by atoms with Crippen LogP contribution >= 0.6 is 28.3 Å². The van der Waals surface area contributed by atoms with Crippen molar-refractivity contribution in [2.45, 2.75) is 45.2 Å². The smallest absolute Gasteiger partial charge is 0.254 e. The number of hydrogen-bond acceptors (Lipinski definition) is 3. The van der Waals surface area contributed by atoms with Gasteiger partial charge in [0.15, 0.2) is 0 Å². The first kappa shape index (κ1) is 19.9. The van der Waals surface area contributed by atoms with Crippen LogP contribution in [-0.4, -0.2) is 34.3 Å². The molecule has 3 rings (SSSR count). The van der Waals surface area contributed by atoms with Gasteiger partial charge < -0.3 is 10.6 Å². The van der Waals surface area contributed by atoms with Gasteiger partial charge in [0.1, 0.15) is 0 Å². The normalized spacial score (nSPS) is 20.0. The molecule has 2 heterocycles. The van der Waals surface area contributed by atoms with Crippen LogP contribution in [0.3, 0.4) is 0 Å². The highest BCUT2D eigenvalue weighted by Gasteiger charge is 2.23. The van der Waals surface area contributed by atoms with Gasteiger partial charge in [0.2, 0.25) is 0 Å². The summed E-state index contributed by atoms with van der Waals surface area (Å²) in [6.45, 7) is 5.15. The van der Waals surface area contributed by atoms with Crippen molar-refractivity contribution in [2.75, 3.05) is 6.54 Å². The van der Waals surface area contributed by atoms with E-state index in [1.165, 1.54) is 0 Å². The number of amides is 1. The number of aromatic nitrogens is 2. The Morgan fingerprint density at radius 2 is 2.12 bits per heavy atom. The number of benzene rings is 1. The van der Waals surface area contributed by atoms with Crippen molar-refractivity contribution in [1.29, 1.82) is 0 Å². The fraction of sp³-hybridized carbons (Fsp3) is 0.444. The van der Waals surface area contributed by atoms with E-state index in [9.17, 15) is 4.79 Å². The van der Waals surface area contributed by atoms with E-state index in [-0.39, 0.29) is 24.4 Å². The van der Waals surface area contributed by atoms with Crippen LogP contribution in [0, 0.1) is 0 Å². The standard InChI is InChI=1S/C18H23BrN4O.ClH/c1-3-17-16(18(24)22-14-8-9-20-12(2)10-14)11-21-23(17)15-6-4-13(19)5-7-15;/h4-7,11-12,14,20H,3,8-10H2,1-2H3,(H,22,24);1H. The minimum atomic E-state index is -0.0192. The fourth-order valence-electron chi connectivity index (χ4n) is 3.23. The zero-order valence-electron chi connectivity index (χ0n) is 14.5. The van der Waals surface area contributed by atoms with Crippen LogP contribution in [0.1, 0.15) is 42.7 Å². The Morgan fingerprint density at radius 3 is 2.76 bits per heavy atom. The molecule has 1 aromatic heterocycles. The predicted octanol–water partition coefficient (Wildman–Crippen LogP) is 3.49. The summed E-state index contributed by atoms with van der Waals surface area (Å²) in [6.07, 6.45) is 4.37. The van der Waals surface area contributed by atoms with Crippen LogP contribution in [0.5, 0.6) is 0 Å². The van der Waals surface area contributed by atoms with Crippen LogP contribution in [-0.2, 0) is 6.42 Å². The van der Waals surface area contributed by atoms with Gasteiger partial charge in [-0.1, -0.05) is 22.9 Å². The molecule has 1 aliphatic rings. The molecule has 25 heavy (non-hydrogen) atoms. The van der Waals surface area contributed by atoms with Gasteiger partial charge in [0.25, 0.3) is 5.91 Å². The minimum absolute atomic E-state index is 0. The van der Waals surface area contributed by atoms with Crippen LogP contribution in [0.15, 0.2) is 34.9 Å². The highest BCUT2D eigenvalue weighted by atomic mass is 79.9. The molecule has 2 unspecified atom stereocenters. The highest BCUT2D eigenvalue weighted by molar-refractivity contribution is 9.10. The lowest BCUT2D eigenvalue weighted by molar-refractivity contribution is 0.0924. The Bertz CT molecular complexity index is 716. The molecule has 0 aliphatic carbocycles. The zero-order valence-corrected chi connectivity index (χ0v) is 16.9. The first-order chi connectivity index (χ1) is 11.6. The summed E-state index contributed by atoms with van der Waals surface area (Å²) >= 11 is 3.44. The first-order valence-corrected chi connectivity index (χ1v) is 9.25. The third-order valence-corrected chi connectivity index (χ3v) is 5.01. The largest absolute Gasteiger partial charge is 0.349 e. The van der Waals surface area contributed by atoms with Gasteiger partial charge in [0.05, 0.1) is 23.1 Å².